The Labute approximate surface area is 81.1 Å². The summed E-state index contributed by atoms with van der Waals surface area (Å²) in [5.41, 5.74) is 0. The van der Waals surface area contributed by atoms with Gasteiger partial charge in [-0.3, -0.25) is 4.79 Å². The van der Waals surface area contributed by atoms with Gasteiger partial charge >= 0.3 is 0 Å². The summed E-state index contributed by atoms with van der Waals surface area (Å²) in [4.78, 5) is 20.4. The molecule has 13 heavy (non-hydrogen) atoms. The molecule has 0 aromatic carbocycles. The maximum atomic E-state index is 11.1. The first-order valence-electron chi connectivity index (χ1n) is 4.64. The van der Waals surface area contributed by atoms with Gasteiger partial charge in [-0.2, -0.15) is 0 Å². The van der Waals surface area contributed by atoms with Crippen LogP contribution in [0.15, 0.2) is 12.2 Å². The molecule has 0 amide bonds. The highest BCUT2D eigenvalue weighted by molar-refractivity contribution is 6.86. The highest BCUT2D eigenvalue weighted by Gasteiger charge is 2.14. The lowest BCUT2D eigenvalue weighted by molar-refractivity contribution is -0.109. The number of hydrogen-bond donors (Lipinski definition) is 1. The highest BCUT2D eigenvalue weighted by Crippen LogP contribution is 1.90. The molecule has 0 saturated heterocycles. The average Bonchev–Trinajstić information content (AvgIpc) is 2.12. The van der Waals surface area contributed by atoms with Gasteiger partial charge < -0.3 is 9.53 Å². The van der Waals surface area contributed by atoms with Gasteiger partial charge in [-0.25, -0.2) is 0 Å². The largest absolute Gasteiger partial charge is 0.426 e. The number of carbonyl (C=O) groups excluding carboxylic acids is 1. The first kappa shape index (κ1) is 12.5. The molecule has 0 radical (unpaired) electrons. The smallest absolute Gasteiger partial charge is 0.277 e. The third kappa shape index (κ3) is 6.69. The first-order valence-corrected chi connectivity index (χ1v) is 6.55. The fraction of sp³-hybridized carbons (Fsp3) is 0.667. The van der Waals surface area contributed by atoms with Gasteiger partial charge in [0, 0.05) is 6.61 Å². The number of ether oxygens (including phenoxy) is 1. The minimum absolute atomic E-state index is 0.154. The molecule has 3 nitrogen and oxygen atoms in total. The zero-order chi connectivity index (χ0) is 10.1. The van der Waals surface area contributed by atoms with Crippen LogP contribution in [0.25, 0.3) is 0 Å². The van der Waals surface area contributed by atoms with E-state index in [1.54, 1.807) is 13.0 Å². The van der Waals surface area contributed by atoms with Crippen LogP contribution in [-0.2, 0) is 9.53 Å². The van der Waals surface area contributed by atoms with Gasteiger partial charge in [0.2, 0.25) is 0 Å². The summed E-state index contributed by atoms with van der Waals surface area (Å²) in [7, 11) is -2.30. The molecule has 0 rings (SSSR count). The number of rotatable bonds is 7. The van der Waals surface area contributed by atoms with Crippen LogP contribution >= 0.6 is 0 Å². The summed E-state index contributed by atoms with van der Waals surface area (Å²) in [6.07, 6.45) is 5.35. The topological polar surface area (TPSA) is 46.5 Å². The average molecular weight is 202 g/mol. The van der Waals surface area contributed by atoms with Crippen molar-refractivity contribution in [1.82, 2.24) is 0 Å². The van der Waals surface area contributed by atoms with E-state index in [1.807, 2.05) is 0 Å². The summed E-state index contributed by atoms with van der Waals surface area (Å²) >= 11 is 0. The van der Waals surface area contributed by atoms with Crippen LogP contribution < -0.4 is 0 Å². The van der Waals surface area contributed by atoms with Gasteiger partial charge in [-0.15, -0.1) is 0 Å². The molecule has 0 aromatic rings. The number of hydrogen-bond acceptors (Lipinski definition) is 3. The van der Waals surface area contributed by atoms with E-state index in [9.17, 15) is 9.59 Å². The van der Waals surface area contributed by atoms with Crippen molar-refractivity contribution in [3.63, 3.8) is 0 Å². The molecule has 0 aliphatic heterocycles. The van der Waals surface area contributed by atoms with Gasteiger partial charge in [0.25, 0.3) is 9.04 Å². The Bertz CT molecular complexity index is 168. The SMILES string of the molecule is CC=CC(=O)[SiH](O)COCCCC. The van der Waals surface area contributed by atoms with E-state index in [1.165, 1.54) is 6.08 Å². The Morgan fingerprint density at radius 2 is 2.31 bits per heavy atom. The zero-order valence-corrected chi connectivity index (χ0v) is 9.48. The second-order valence-corrected chi connectivity index (χ2v) is 4.78. The van der Waals surface area contributed by atoms with Gasteiger partial charge in [-0.1, -0.05) is 19.4 Å². The van der Waals surface area contributed by atoms with Crippen LogP contribution in [0.3, 0.4) is 0 Å². The van der Waals surface area contributed by atoms with E-state index in [0.717, 1.165) is 12.8 Å². The van der Waals surface area contributed by atoms with Gasteiger partial charge in [0.1, 0.15) is 0 Å². The van der Waals surface area contributed by atoms with Crippen molar-refractivity contribution in [3.05, 3.63) is 12.2 Å². The molecule has 0 saturated carbocycles. The van der Waals surface area contributed by atoms with Crippen molar-refractivity contribution in [1.29, 1.82) is 0 Å². The lowest BCUT2D eigenvalue weighted by Gasteiger charge is -2.05. The quantitative estimate of drug-likeness (QED) is 0.376. The van der Waals surface area contributed by atoms with Gasteiger partial charge in [-0.05, 0) is 19.4 Å². The van der Waals surface area contributed by atoms with E-state index in [2.05, 4.69) is 6.92 Å². The van der Waals surface area contributed by atoms with Crippen LogP contribution in [0.1, 0.15) is 26.7 Å². The third-order valence-electron chi connectivity index (χ3n) is 1.58. The molecular weight excluding hydrogens is 184 g/mol. The molecule has 0 aliphatic rings. The predicted octanol–water partition coefficient (Wildman–Crippen LogP) is 0.743. The minimum Gasteiger partial charge on any atom is -0.426 e. The van der Waals surface area contributed by atoms with Crippen molar-refractivity contribution < 1.29 is 14.3 Å². The second-order valence-electron chi connectivity index (χ2n) is 2.85. The molecule has 0 aliphatic carbocycles. The van der Waals surface area contributed by atoms with Crippen LogP contribution in [-0.4, -0.2) is 32.1 Å². The molecule has 4 heteroatoms. The summed E-state index contributed by atoms with van der Waals surface area (Å²) in [5.74, 6) is 0. The standard InChI is InChI=1S/C9H18O3Si/c1-3-5-7-12-8-13(11)9(10)6-4-2/h4,6,11,13H,3,5,7-8H2,1-2H3. The lowest BCUT2D eigenvalue weighted by Crippen LogP contribution is -2.30. The van der Waals surface area contributed by atoms with Crippen molar-refractivity contribution in [3.8, 4) is 0 Å². The number of allylic oxidation sites excluding steroid dienone is 2. The molecule has 0 heterocycles. The van der Waals surface area contributed by atoms with E-state index in [-0.39, 0.29) is 11.6 Å². The maximum Gasteiger partial charge on any atom is 0.277 e. The van der Waals surface area contributed by atoms with E-state index < -0.39 is 9.04 Å². The van der Waals surface area contributed by atoms with Gasteiger partial charge in [0.15, 0.2) is 5.41 Å². The maximum absolute atomic E-state index is 11.1. The Morgan fingerprint density at radius 3 is 2.85 bits per heavy atom. The van der Waals surface area contributed by atoms with E-state index in [0.29, 0.717) is 6.61 Å². The summed E-state index contributed by atoms with van der Waals surface area (Å²) < 4.78 is 5.16. The Hall–Kier alpha value is -0.453. The summed E-state index contributed by atoms with van der Waals surface area (Å²) in [6.45, 7) is 4.48. The molecule has 0 fully saturated rings. The van der Waals surface area contributed by atoms with Crippen LogP contribution in [0.5, 0.6) is 0 Å². The fourth-order valence-corrected chi connectivity index (χ4v) is 1.77. The Morgan fingerprint density at radius 1 is 1.62 bits per heavy atom. The molecule has 1 atom stereocenters. The van der Waals surface area contributed by atoms with Gasteiger partial charge in [0.05, 0.1) is 6.23 Å². The molecule has 0 bridgehead atoms. The normalized spacial score (nSPS) is 13.5. The van der Waals surface area contributed by atoms with E-state index >= 15 is 0 Å². The van der Waals surface area contributed by atoms with Crippen molar-refractivity contribution in [2.75, 3.05) is 12.8 Å². The van der Waals surface area contributed by atoms with Crippen LogP contribution in [0, 0.1) is 0 Å². The van der Waals surface area contributed by atoms with Crippen molar-refractivity contribution >= 4 is 14.4 Å². The Kier molecular flexibility index (Phi) is 7.87. The number of carbonyl (C=O) groups is 1. The molecular formula is C9H18O3Si. The van der Waals surface area contributed by atoms with Crippen LogP contribution in [0.2, 0.25) is 0 Å². The van der Waals surface area contributed by atoms with Crippen molar-refractivity contribution in [2.45, 2.75) is 26.7 Å². The highest BCUT2D eigenvalue weighted by atomic mass is 28.3. The molecule has 0 spiro atoms. The summed E-state index contributed by atoms with van der Waals surface area (Å²) in [6, 6.07) is 0. The zero-order valence-electron chi connectivity index (χ0n) is 8.32. The van der Waals surface area contributed by atoms with Crippen LogP contribution in [0.4, 0.5) is 0 Å². The van der Waals surface area contributed by atoms with Crippen molar-refractivity contribution in [2.24, 2.45) is 0 Å². The fourth-order valence-electron chi connectivity index (χ4n) is 0.799. The predicted molar refractivity (Wildman–Crippen MR) is 54.9 cm³/mol. The second kappa shape index (κ2) is 8.16. The number of unbranched alkanes of at least 4 members (excludes halogenated alkanes) is 1. The molecule has 1 unspecified atom stereocenters. The third-order valence-corrected chi connectivity index (χ3v) is 2.98. The first-order chi connectivity index (χ1) is 6.22. The Balaban J connectivity index is 3.50. The molecule has 76 valence electrons. The monoisotopic (exact) mass is 202 g/mol. The molecule has 1 N–H and O–H groups in total. The molecule has 0 aromatic heterocycles. The minimum atomic E-state index is -2.30. The summed E-state index contributed by atoms with van der Waals surface area (Å²) in [5, 5.41) is -0.154. The lowest BCUT2D eigenvalue weighted by atomic mass is 10.4. The van der Waals surface area contributed by atoms with E-state index in [4.69, 9.17) is 4.74 Å².